The van der Waals surface area contributed by atoms with Crippen molar-refractivity contribution >= 4 is 5.91 Å². The van der Waals surface area contributed by atoms with Crippen molar-refractivity contribution in [1.82, 2.24) is 4.90 Å². The summed E-state index contributed by atoms with van der Waals surface area (Å²) in [5, 5.41) is 0. The molecule has 0 atom stereocenters. The van der Waals surface area contributed by atoms with Gasteiger partial charge in [-0.3, -0.25) is 4.79 Å². The van der Waals surface area contributed by atoms with Crippen LogP contribution >= 0.6 is 0 Å². The Kier molecular flexibility index (Phi) is 14.3. The highest BCUT2D eigenvalue weighted by molar-refractivity contribution is 5.76. The van der Waals surface area contributed by atoms with E-state index in [4.69, 9.17) is 0 Å². The summed E-state index contributed by atoms with van der Waals surface area (Å²) in [6.07, 6.45) is 24.0. The molecule has 1 heterocycles. The standard InChI is InChI=1S/C22H43NO/c1-2-3-4-5-6-7-8-9-10-11-12-13-14-15-16-19-22(24)23-20-17-18-21-23/h2-21H2,1H3. The van der Waals surface area contributed by atoms with Crippen LogP contribution in [0.1, 0.15) is 122 Å². The fraction of sp³-hybridized carbons (Fsp3) is 0.955. The van der Waals surface area contributed by atoms with Gasteiger partial charge in [0.25, 0.3) is 0 Å². The van der Waals surface area contributed by atoms with Crippen LogP contribution in [-0.2, 0) is 4.79 Å². The third-order valence-electron chi connectivity index (χ3n) is 5.45. The summed E-state index contributed by atoms with van der Waals surface area (Å²) in [7, 11) is 0. The molecule has 1 aliphatic heterocycles. The molecule has 2 nitrogen and oxygen atoms in total. The quantitative estimate of drug-likeness (QED) is 0.281. The molecule has 1 amide bonds. The summed E-state index contributed by atoms with van der Waals surface area (Å²) >= 11 is 0. The number of likely N-dealkylation sites (tertiary alicyclic amines) is 1. The Morgan fingerprint density at radius 1 is 0.625 bits per heavy atom. The maximum Gasteiger partial charge on any atom is 0.222 e. The van der Waals surface area contributed by atoms with Gasteiger partial charge < -0.3 is 4.90 Å². The summed E-state index contributed by atoms with van der Waals surface area (Å²) in [5.74, 6) is 0.405. The van der Waals surface area contributed by atoms with E-state index in [2.05, 4.69) is 11.8 Å². The molecule has 1 fully saturated rings. The average molecular weight is 338 g/mol. The van der Waals surface area contributed by atoms with Crippen LogP contribution in [0.3, 0.4) is 0 Å². The van der Waals surface area contributed by atoms with E-state index in [1.165, 1.54) is 103 Å². The lowest BCUT2D eigenvalue weighted by Crippen LogP contribution is -2.27. The Bertz CT molecular complexity index is 284. The van der Waals surface area contributed by atoms with Gasteiger partial charge in [-0.05, 0) is 19.3 Å². The molecule has 24 heavy (non-hydrogen) atoms. The van der Waals surface area contributed by atoms with Gasteiger partial charge in [-0.2, -0.15) is 0 Å². The van der Waals surface area contributed by atoms with Gasteiger partial charge in [0.1, 0.15) is 0 Å². The zero-order valence-electron chi connectivity index (χ0n) is 16.5. The minimum Gasteiger partial charge on any atom is -0.343 e. The lowest BCUT2D eigenvalue weighted by Gasteiger charge is -2.14. The SMILES string of the molecule is CCCCCCCCCCCCCCCCCC(=O)N1CCCC1. The number of carbonyl (C=O) groups excluding carboxylic acids is 1. The first-order chi connectivity index (χ1) is 11.8. The Balaban J connectivity index is 1.71. The third-order valence-corrected chi connectivity index (χ3v) is 5.45. The summed E-state index contributed by atoms with van der Waals surface area (Å²) in [4.78, 5) is 14.0. The largest absolute Gasteiger partial charge is 0.343 e. The van der Waals surface area contributed by atoms with Gasteiger partial charge in [0.05, 0.1) is 0 Å². The normalized spacial score (nSPS) is 14.5. The number of unbranched alkanes of at least 4 members (excludes halogenated alkanes) is 14. The van der Waals surface area contributed by atoms with Crippen LogP contribution in [-0.4, -0.2) is 23.9 Å². The van der Waals surface area contributed by atoms with Crippen molar-refractivity contribution in [2.45, 2.75) is 122 Å². The van der Waals surface area contributed by atoms with E-state index in [0.29, 0.717) is 5.91 Å². The van der Waals surface area contributed by atoms with E-state index in [0.717, 1.165) is 25.9 Å². The minimum absolute atomic E-state index is 0.405. The van der Waals surface area contributed by atoms with Crippen molar-refractivity contribution in [3.05, 3.63) is 0 Å². The Morgan fingerprint density at radius 3 is 1.42 bits per heavy atom. The average Bonchev–Trinajstić information content (AvgIpc) is 3.13. The number of hydrogen-bond acceptors (Lipinski definition) is 1. The third kappa shape index (κ3) is 11.9. The predicted molar refractivity (Wildman–Crippen MR) is 105 cm³/mol. The van der Waals surface area contributed by atoms with E-state index in [1.54, 1.807) is 0 Å². The monoisotopic (exact) mass is 337 g/mol. The molecule has 1 rings (SSSR count). The molecule has 0 spiro atoms. The molecule has 2 heteroatoms. The Morgan fingerprint density at radius 2 is 1.00 bits per heavy atom. The van der Waals surface area contributed by atoms with Crippen LogP contribution in [0.4, 0.5) is 0 Å². The first-order valence-electron chi connectivity index (χ1n) is 11.1. The molecule has 1 saturated heterocycles. The minimum atomic E-state index is 0.405. The predicted octanol–water partition coefficient (Wildman–Crippen LogP) is 6.87. The maximum absolute atomic E-state index is 11.9. The molecule has 1 aliphatic rings. The Hall–Kier alpha value is -0.530. The molecule has 0 aliphatic carbocycles. The second kappa shape index (κ2) is 16.0. The molecule has 142 valence electrons. The van der Waals surface area contributed by atoms with Crippen LogP contribution in [0.25, 0.3) is 0 Å². The highest BCUT2D eigenvalue weighted by atomic mass is 16.2. The number of nitrogens with zero attached hydrogens (tertiary/aromatic N) is 1. The highest BCUT2D eigenvalue weighted by Crippen LogP contribution is 2.15. The first-order valence-corrected chi connectivity index (χ1v) is 11.1. The Labute approximate surface area is 151 Å². The highest BCUT2D eigenvalue weighted by Gasteiger charge is 2.16. The van der Waals surface area contributed by atoms with Crippen molar-refractivity contribution in [3.8, 4) is 0 Å². The molecule has 0 aromatic rings. The molecule has 0 bridgehead atoms. The van der Waals surface area contributed by atoms with Crippen LogP contribution < -0.4 is 0 Å². The molecular formula is C22H43NO. The summed E-state index contributed by atoms with van der Waals surface area (Å²) in [6.45, 7) is 4.31. The van der Waals surface area contributed by atoms with Crippen molar-refractivity contribution < 1.29 is 4.79 Å². The second-order valence-electron chi connectivity index (χ2n) is 7.79. The zero-order chi connectivity index (χ0) is 17.3. The van der Waals surface area contributed by atoms with Crippen LogP contribution in [0.15, 0.2) is 0 Å². The molecule has 0 N–H and O–H groups in total. The van der Waals surface area contributed by atoms with Crippen LogP contribution in [0.5, 0.6) is 0 Å². The van der Waals surface area contributed by atoms with E-state index in [-0.39, 0.29) is 0 Å². The van der Waals surface area contributed by atoms with Gasteiger partial charge in [-0.1, -0.05) is 96.8 Å². The maximum atomic E-state index is 11.9. The fourth-order valence-electron chi connectivity index (χ4n) is 3.77. The number of rotatable bonds is 16. The lowest BCUT2D eigenvalue weighted by atomic mass is 10.0. The van der Waals surface area contributed by atoms with E-state index < -0.39 is 0 Å². The van der Waals surface area contributed by atoms with Gasteiger partial charge in [-0.15, -0.1) is 0 Å². The fourth-order valence-corrected chi connectivity index (χ4v) is 3.77. The molecule has 0 radical (unpaired) electrons. The van der Waals surface area contributed by atoms with Crippen molar-refractivity contribution in [2.75, 3.05) is 13.1 Å². The van der Waals surface area contributed by atoms with E-state index in [9.17, 15) is 4.79 Å². The first kappa shape index (κ1) is 21.5. The number of carbonyl (C=O) groups is 1. The molecule has 0 unspecified atom stereocenters. The lowest BCUT2D eigenvalue weighted by molar-refractivity contribution is -0.130. The summed E-state index contributed by atoms with van der Waals surface area (Å²) < 4.78 is 0. The number of hydrogen-bond donors (Lipinski definition) is 0. The molecular weight excluding hydrogens is 294 g/mol. The van der Waals surface area contributed by atoms with E-state index >= 15 is 0 Å². The zero-order valence-corrected chi connectivity index (χ0v) is 16.5. The summed E-state index contributed by atoms with van der Waals surface area (Å²) in [6, 6.07) is 0. The molecule has 0 aromatic carbocycles. The topological polar surface area (TPSA) is 20.3 Å². The molecule has 0 saturated carbocycles. The van der Waals surface area contributed by atoms with Gasteiger partial charge in [0.15, 0.2) is 0 Å². The van der Waals surface area contributed by atoms with Crippen molar-refractivity contribution in [3.63, 3.8) is 0 Å². The molecule has 0 aromatic heterocycles. The van der Waals surface area contributed by atoms with Crippen LogP contribution in [0, 0.1) is 0 Å². The number of amides is 1. The van der Waals surface area contributed by atoms with Crippen molar-refractivity contribution in [1.29, 1.82) is 0 Å². The van der Waals surface area contributed by atoms with Crippen LogP contribution in [0.2, 0.25) is 0 Å². The smallest absolute Gasteiger partial charge is 0.222 e. The summed E-state index contributed by atoms with van der Waals surface area (Å²) in [5.41, 5.74) is 0. The van der Waals surface area contributed by atoms with Gasteiger partial charge in [0, 0.05) is 19.5 Å². The van der Waals surface area contributed by atoms with Gasteiger partial charge in [-0.25, -0.2) is 0 Å². The second-order valence-corrected chi connectivity index (χ2v) is 7.79. The van der Waals surface area contributed by atoms with Crippen molar-refractivity contribution in [2.24, 2.45) is 0 Å². The van der Waals surface area contributed by atoms with Gasteiger partial charge in [0.2, 0.25) is 5.91 Å². The van der Waals surface area contributed by atoms with Gasteiger partial charge >= 0.3 is 0 Å². The van der Waals surface area contributed by atoms with E-state index in [1.807, 2.05) is 0 Å².